The number of hydrogen-bond donors (Lipinski definition) is 0. The van der Waals surface area contributed by atoms with Crippen molar-refractivity contribution in [2.45, 2.75) is 6.61 Å². The molecule has 0 bridgehead atoms. The van der Waals surface area contributed by atoms with Gasteiger partial charge in [-0.3, -0.25) is 0 Å². The summed E-state index contributed by atoms with van der Waals surface area (Å²) in [5, 5.41) is 8.97. The molecule has 0 heterocycles. The second kappa shape index (κ2) is 5.85. The van der Waals surface area contributed by atoms with E-state index in [9.17, 15) is 13.2 Å². The summed E-state index contributed by atoms with van der Waals surface area (Å²) in [5.41, 5.74) is 0.883. The van der Waals surface area contributed by atoms with Gasteiger partial charge in [0.1, 0.15) is 17.6 Å². The molecule has 0 aliphatic rings. The quantitative estimate of drug-likeness (QED) is 0.828. The zero-order valence-electron chi connectivity index (χ0n) is 9.91. The van der Waals surface area contributed by atoms with Crippen LogP contribution in [0.5, 0.6) is 5.75 Å². The van der Waals surface area contributed by atoms with Crippen molar-refractivity contribution in [3.05, 3.63) is 52.8 Å². The van der Waals surface area contributed by atoms with Crippen molar-refractivity contribution < 1.29 is 17.9 Å². The molecule has 0 saturated heterocycles. The van der Waals surface area contributed by atoms with Crippen molar-refractivity contribution in [2.75, 3.05) is 0 Å². The molecule has 0 atom stereocenters. The maximum Gasteiger partial charge on any atom is 0.387 e. The van der Waals surface area contributed by atoms with E-state index in [1.807, 2.05) is 0 Å². The van der Waals surface area contributed by atoms with Crippen LogP contribution in [0.25, 0.3) is 11.1 Å². The number of benzene rings is 2. The number of hydrogen-bond acceptors (Lipinski definition) is 2. The van der Waals surface area contributed by atoms with E-state index < -0.39 is 12.4 Å². The van der Waals surface area contributed by atoms with E-state index in [4.69, 9.17) is 16.9 Å². The Balaban J connectivity index is 2.50. The van der Waals surface area contributed by atoms with Crippen molar-refractivity contribution in [1.29, 1.82) is 5.26 Å². The van der Waals surface area contributed by atoms with E-state index in [0.29, 0.717) is 11.1 Å². The molecule has 0 radical (unpaired) electrons. The Hall–Kier alpha value is -2.19. The van der Waals surface area contributed by atoms with Crippen molar-refractivity contribution >= 4 is 11.6 Å². The van der Waals surface area contributed by atoms with Gasteiger partial charge in [0, 0.05) is 5.56 Å². The molecule has 0 amide bonds. The Morgan fingerprint density at radius 2 is 1.90 bits per heavy atom. The van der Waals surface area contributed by atoms with E-state index in [-0.39, 0.29) is 16.3 Å². The van der Waals surface area contributed by atoms with Gasteiger partial charge in [-0.15, -0.1) is 0 Å². The molecule has 20 heavy (non-hydrogen) atoms. The molecule has 0 aliphatic heterocycles. The summed E-state index contributed by atoms with van der Waals surface area (Å²) in [6.07, 6.45) is 0. The van der Waals surface area contributed by atoms with Crippen molar-refractivity contribution in [3.63, 3.8) is 0 Å². The Morgan fingerprint density at radius 3 is 2.50 bits per heavy atom. The third-order valence-corrected chi connectivity index (χ3v) is 2.87. The highest BCUT2D eigenvalue weighted by atomic mass is 35.5. The van der Waals surface area contributed by atoms with Crippen LogP contribution in [0.4, 0.5) is 13.2 Å². The molecule has 0 N–H and O–H groups in total. The second-order valence-corrected chi connectivity index (χ2v) is 4.23. The average molecular weight is 298 g/mol. The first-order valence-corrected chi connectivity index (χ1v) is 5.83. The lowest BCUT2D eigenvalue weighted by Crippen LogP contribution is -2.03. The summed E-state index contributed by atoms with van der Waals surface area (Å²) in [6, 6.07) is 9.62. The van der Waals surface area contributed by atoms with Crippen LogP contribution in [0.15, 0.2) is 36.4 Å². The van der Waals surface area contributed by atoms with Gasteiger partial charge < -0.3 is 4.74 Å². The molecule has 2 aromatic rings. The first kappa shape index (κ1) is 14.2. The summed E-state index contributed by atoms with van der Waals surface area (Å²) in [5.74, 6) is -0.753. The number of halogens is 4. The first-order chi connectivity index (χ1) is 9.51. The SMILES string of the molecule is N#Cc1ccc(-c2ccc(F)cc2Cl)cc1OC(F)F. The van der Waals surface area contributed by atoms with Gasteiger partial charge >= 0.3 is 6.61 Å². The molecule has 6 heteroatoms. The zero-order chi connectivity index (χ0) is 14.7. The Labute approximate surface area is 118 Å². The molecule has 2 rings (SSSR count). The first-order valence-electron chi connectivity index (χ1n) is 5.45. The highest BCUT2D eigenvalue weighted by Gasteiger charge is 2.13. The maximum absolute atomic E-state index is 13.0. The third-order valence-electron chi connectivity index (χ3n) is 2.56. The van der Waals surface area contributed by atoms with E-state index in [0.717, 1.165) is 6.07 Å². The highest BCUT2D eigenvalue weighted by Crippen LogP contribution is 2.32. The van der Waals surface area contributed by atoms with Crippen molar-refractivity contribution in [2.24, 2.45) is 0 Å². The Bertz CT molecular complexity index is 683. The predicted octanol–water partition coefficient (Wildman–Crippen LogP) is 4.62. The van der Waals surface area contributed by atoms with Crippen LogP contribution < -0.4 is 4.74 Å². The molecule has 0 spiro atoms. The molecule has 0 aromatic heterocycles. The normalized spacial score (nSPS) is 10.4. The molecule has 0 fully saturated rings. The van der Waals surface area contributed by atoms with E-state index in [1.165, 1.54) is 30.3 Å². The van der Waals surface area contributed by atoms with Gasteiger partial charge in [-0.2, -0.15) is 14.0 Å². The lowest BCUT2D eigenvalue weighted by molar-refractivity contribution is -0.0500. The van der Waals surface area contributed by atoms with Crippen LogP contribution in [-0.4, -0.2) is 6.61 Å². The van der Waals surface area contributed by atoms with E-state index >= 15 is 0 Å². The summed E-state index contributed by atoms with van der Waals surface area (Å²) in [4.78, 5) is 0. The minimum Gasteiger partial charge on any atom is -0.433 e. The fraction of sp³-hybridized carbons (Fsp3) is 0.0714. The van der Waals surface area contributed by atoms with Gasteiger partial charge in [-0.25, -0.2) is 4.39 Å². The molecule has 2 aromatic carbocycles. The topological polar surface area (TPSA) is 33.0 Å². The van der Waals surface area contributed by atoms with Crippen LogP contribution in [0.2, 0.25) is 5.02 Å². The van der Waals surface area contributed by atoms with Crippen LogP contribution >= 0.6 is 11.6 Å². The molecule has 102 valence electrons. The highest BCUT2D eigenvalue weighted by molar-refractivity contribution is 6.33. The number of nitrogens with zero attached hydrogens (tertiary/aromatic N) is 1. The third kappa shape index (κ3) is 3.03. The van der Waals surface area contributed by atoms with Gasteiger partial charge in [0.15, 0.2) is 0 Å². The van der Waals surface area contributed by atoms with Gasteiger partial charge in [-0.05, 0) is 35.9 Å². The number of rotatable bonds is 3. The molecule has 0 aliphatic carbocycles. The Morgan fingerprint density at radius 1 is 1.15 bits per heavy atom. The van der Waals surface area contributed by atoms with Crippen molar-refractivity contribution in [3.8, 4) is 22.9 Å². The van der Waals surface area contributed by atoms with Crippen molar-refractivity contribution in [1.82, 2.24) is 0 Å². The summed E-state index contributed by atoms with van der Waals surface area (Å²) in [6.45, 7) is -3.04. The monoisotopic (exact) mass is 297 g/mol. The second-order valence-electron chi connectivity index (χ2n) is 3.83. The van der Waals surface area contributed by atoms with E-state index in [2.05, 4.69) is 4.74 Å². The van der Waals surface area contributed by atoms with Gasteiger partial charge in [0.25, 0.3) is 0 Å². The predicted molar refractivity (Wildman–Crippen MR) is 68.2 cm³/mol. The van der Waals surface area contributed by atoms with Gasteiger partial charge in [0.2, 0.25) is 0 Å². The largest absolute Gasteiger partial charge is 0.433 e. The standard InChI is InChI=1S/C14H7ClF3NO/c15-12-6-10(16)3-4-11(12)8-1-2-9(7-19)13(5-8)20-14(17)18/h1-6,14H. The number of alkyl halides is 2. The number of ether oxygens (including phenoxy) is 1. The van der Waals surface area contributed by atoms with Crippen LogP contribution in [0, 0.1) is 17.1 Å². The smallest absolute Gasteiger partial charge is 0.387 e. The average Bonchev–Trinajstić information content (AvgIpc) is 2.38. The minimum atomic E-state index is -3.04. The number of nitriles is 1. The van der Waals surface area contributed by atoms with Crippen LogP contribution in [-0.2, 0) is 0 Å². The molecular weight excluding hydrogens is 291 g/mol. The van der Waals surface area contributed by atoms with Gasteiger partial charge in [0.05, 0.1) is 10.6 Å². The van der Waals surface area contributed by atoms with Crippen LogP contribution in [0.1, 0.15) is 5.56 Å². The maximum atomic E-state index is 13.0. The summed E-state index contributed by atoms with van der Waals surface area (Å²) >= 11 is 5.90. The molecule has 0 saturated carbocycles. The minimum absolute atomic E-state index is 0.0210. The summed E-state index contributed by atoms with van der Waals surface area (Å²) in [7, 11) is 0. The van der Waals surface area contributed by atoms with E-state index in [1.54, 1.807) is 6.07 Å². The molecule has 0 unspecified atom stereocenters. The fourth-order valence-corrected chi connectivity index (χ4v) is 1.98. The van der Waals surface area contributed by atoms with Crippen LogP contribution in [0.3, 0.4) is 0 Å². The molecular formula is C14H7ClF3NO. The van der Waals surface area contributed by atoms with Gasteiger partial charge in [-0.1, -0.05) is 17.7 Å². The Kier molecular flexibility index (Phi) is 4.16. The summed E-state index contributed by atoms with van der Waals surface area (Å²) < 4.78 is 41.9. The lowest BCUT2D eigenvalue weighted by Gasteiger charge is -2.10. The lowest BCUT2D eigenvalue weighted by atomic mass is 10.0. The fourth-order valence-electron chi connectivity index (χ4n) is 1.70. The zero-order valence-corrected chi connectivity index (χ0v) is 10.7. The molecule has 2 nitrogen and oxygen atoms in total.